The minimum Gasteiger partial charge on any atom is -0.339 e. The van der Waals surface area contributed by atoms with E-state index in [4.69, 9.17) is 5.14 Å². The van der Waals surface area contributed by atoms with Crippen molar-refractivity contribution in [2.45, 2.75) is 25.8 Å². The number of amides is 1. The zero-order chi connectivity index (χ0) is 10.1. The van der Waals surface area contributed by atoms with Crippen LogP contribution in [0.3, 0.4) is 0 Å². The van der Waals surface area contributed by atoms with Gasteiger partial charge in [-0.15, -0.1) is 0 Å². The van der Waals surface area contributed by atoms with E-state index in [0.29, 0.717) is 6.54 Å². The van der Waals surface area contributed by atoms with E-state index in [1.54, 1.807) is 4.90 Å². The SMILES string of the molecule is CCN(C(=O)CS(N)(=O)=O)C1CC1. The third-order valence-electron chi connectivity index (χ3n) is 1.97. The van der Waals surface area contributed by atoms with Crippen LogP contribution in [0.1, 0.15) is 19.8 Å². The lowest BCUT2D eigenvalue weighted by molar-refractivity contribution is -0.128. The Labute approximate surface area is 77.9 Å². The Hall–Kier alpha value is -0.620. The Balaban J connectivity index is 2.54. The summed E-state index contributed by atoms with van der Waals surface area (Å²) in [5.74, 6) is -0.954. The van der Waals surface area contributed by atoms with Crippen LogP contribution in [0.2, 0.25) is 0 Å². The smallest absolute Gasteiger partial charge is 0.239 e. The topological polar surface area (TPSA) is 80.5 Å². The fourth-order valence-electron chi connectivity index (χ4n) is 1.28. The molecular formula is C7H14N2O3S. The molecule has 0 bridgehead atoms. The monoisotopic (exact) mass is 206 g/mol. The maximum atomic E-state index is 11.3. The average Bonchev–Trinajstić information content (AvgIpc) is 2.68. The molecule has 0 aromatic carbocycles. The Morgan fingerprint density at radius 1 is 1.54 bits per heavy atom. The normalized spacial score (nSPS) is 17.1. The molecule has 0 radical (unpaired) electrons. The summed E-state index contributed by atoms with van der Waals surface area (Å²) in [5, 5.41) is 4.77. The molecule has 1 saturated carbocycles. The average molecular weight is 206 g/mol. The largest absolute Gasteiger partial charge is 0.339 e. The third kappa shape index (κ3) is 3.31. The zero-order valence-electron chi connectivity index (χ0n) is 7.56. The van der Waals surface area contributed by atoms with Crippen LogP contribution in [-0.4, -0.2) is 37.6 Å². The number of sulfonamides is 1. The molecule has 1 amide bonds. The lowest BCUT2D eigenvalue weighted by Crippen LogP contribution is -2.38. The minimum absolute atomic E-state index is 0.249. The van der Waals surface area contributed by atoms with Gasteiger partial charge in [0, 0.05) is 12.6 Å². The van der Waals surface area contributed by atoms with Crippen LogP contribution < -0.4 is 5.14 Å². The van der Waals surface area contributed by atoms with Gasteiger partial charge in [0.2, 0.25) is 15.9 Å². The molecule has 5 nitrogen and oxygen atoms in total. The highest BCUT2D eigenvalue weighted by atomic mass is 32.2. The first-order valence-corrected chi connectivity index (χ1v) is 5.95. The molecule has 1 aliphatic rings. The van der Waals surface area contributed by atoms with Crippen molar-refractivity contribution in [3.63, 3.8) is 0 Å². The second-order valence-corrected chi connectivity index (χ2v) is 4.83. The lowest BCUT2D eigenvalue weighted by atomic mass is 10.4. The number of hydrogen-bond donors (Lipinski definition) is 1. The molecule has 1 aliphatic carbocycles. The van der Waals surface area contributed by atoms with E-state index in [2.05, 4.69) is 0 Å². The number of carbonyl (C=O) groups excluding carboxylic acids is 1. The van der Waals surface area contributed by atoms with Gasteiger partial charge in [0.05, 0.1) is 0 Å². The van der Waals surface area contributed by atoms with E-state index in [-0.39, 0.29) is 11.9 Å². The first-order chi connectivity index (χ1) is 5.94. The molecule has 0 aromatic heterocycles. The predicted octanol–water partition coefficient (Wildman–Crippen LogP) is -0.714. The van der Waals surface area contributed by atoms with Gasteiger partial charge in [0.25, 0.3) is 0 Å². The summed E-state index contributed by atoms with van der Waals surface area (Å²) in [6, 6.07) is 0.249. The van der Waals surface area contributed by atoms with Crippen LogP contribution in [0.4, 0.5) is 0 Å². The van der Waals surface area contributed by atoms with Gasteiger partial charge in [-0.1, -0.05) is 0 Å². The van der Waals surface area contributed by atoms with Crippen molar-refractivity contribution in [3.8, 4) is 0 Å². The molecule has 6 heteroatoms. The van der Waals surface area contributed by atoms with Gasteiger partial charge in [-0.25, -0.2) is 13.6 Å². The Morgan fingerprint density at radius 2 is 2.08 bits per heavy atom. The second-order valence-electron chi connectivity index (χ2n) is 3.22. The van der Waals surface area contributed by atoms with Crippen LogP contribution >= 0.6 is 0 Å². The van der Waals surface area contributed by atoms with Crippen molar-refractivity contribution in [1.82, 2.24) is 4.90 Å². The van der Waals surface area contributed by atoms with Gasteiger partial charge < -0.3 is 4.90 Å². The summed E-state index contributed by atoms with van der Waals surface area (Å²) in [6.45, 7) is 2.39. The maximum Gasteiger partial charge on any atom is 0.239 e. The van der Waals surface area contributed by atoms with E-state index in [9.17, 15) is 13.2 Å². The van der Waals surface area contributed by atoms with Gasteiger partial charge in [0.1, 0.15) is 5.75 Å². The van der Waals surface area contributed by atoms with Crippen molar-refractivity contribution in [2.24, 2.45) is 5.14 Å². The van der Waals surface area contributed by atoms with Crippen molar-refractivity contribution in [3.05, 3.63) is 0 Å². The molecular weight excluding hydrogens is 192 g/mol. The summed E-state index contributed by atoms with van der Waals surface area (Å²) < 4.78 is 21.3. The number of nitrogens with two attached hydrogens (primary N) is 1. The predicted molar refractivity (Wildman–Crippen MR) is 48.4 cm³/mol. The highest BCUT2D eigenvalue weighted by Crippen LogP contribution is 2.26. The molecule has 1 fully saturated rings. The molecule has 2 N–H and O–H groups in total. The van der Waals surface area contributed by atoms with Crippen LogP contribution in [0.5, 0.6) is 0 Å². The standard InChI is InChI=1S/C7H14N2O3S/c1-2-9(6-3-4-6)7(10)5-13(8,11)12/h6H,2-5H2,1H3,(H2,8,11,12). The molecule has 0 heterocycles. The summed E-state index contributed by atoms with van der Waals surface area (Å²) in [4.78, 5) is 12.9. The van der Waals surface area contributed by atoms with Gasteiger partial charge in [-0.05, 0) is 19.8 Å². The first kappa shape index (κ1) is 10.5. The van der Waals surface area contributed by atoms with Crippen LogP contribution in [0, 0.1) is 0 Å². The highest BCUT2D eigenvalue weighted by Gasteiger charge is 2.32. The van der Waals surface area contributed by atoms with Crippen molar-refractivity contribution < 1.29 is 13.2 Å². The highest BCUT2D eigenvalue weighted by molar-refractivity contribution is 7.89. The number of primary sulfonamides is 1. The van der Waals surface area contributed by atoms with E-state index in [1.165, 1.54) is 0 Å². The third-order valence-corrected chi connectivity index (χ3v) is 2.62. The summed E-state index contributed by atoms with van der Waals surface area (Å²) in [6.07, 6.45) is 1.95. The molecule has 13 heavy (non-hydrogen) atoms. The van der Waals surface area contributed by atoms with E-state index >= 15 is 0 Å². The fourth-order valence-corrected chi connectivity index (χ4v) is 1.79. The van der Waals surface area contributed by atoms with Crippen LogP contribution in [0.25, 0.3) is 0 Å². The van der Waals surface area contributed by atoms with Crippen molar-refractivity contribution in [1.29, 1.82) is 0 Å². The van der Waals surface area contributed by atoms with Crippen LogP contribution in [-0.2, 0) is 14.8 Å². The molecule has 0 atom stereocenters. The van der Waals surface area contributed by atoms with E-state index < -0.39 is 15.8 Å². The summed E-state index contributed by atoms with van der Waals surface area (Å²) in [5.41, 5.74) is 0. The number of hydrogen-bond acceptors (Lipinski definition) is 3. The lowest BCUT2D eigenvalue weighted by Gasteiger charge is -2.19. The molecule has 0 spiro atoms. The van der Waals surface area contributed by atoms with Gasteiger partial charge in [-0.2, -0.15) is 0 Å². The number of carbonyl (C=O) groups is 1. The Morgan fingerprint density at radius 3 is 2.38 bits per heavy atom. The van der Waals surface area contributed by atoms with Gasteiger partial charge >= 0.3 is 0 Å². The number of nitrogens with zero attached hydrogens (tertiary/aromatic N) is 1. The van der Waals surface area contributed by atoms with E-state index in [0.717, 1.165) is 12.8 Å². The zero-order valence-corrected chi connectivity index (χ0v) is 8.38. The Bertz CT molecular complexity index is 295. The minimum atomic E-state index is -3.68. The van der Waals surface area contributed by atoms with Crippen LogP contribution in [0.15, 0.2) is 0 Å². The quantitative estimate of drug-likeness (QED) is 0.659. The molecule has 1 rings (SSSR count). The Kier molecular flexibility index (Phi) is 2.92. The van der Waals surface area contributed by atoms with Crippen molar-refractivity contribution >= 4 is 15.9 Å². The maximum absolute atomic E-state index is 11.3. The van der Waals surface area contributed by atoms with Gasteiger partial charge in [0.15, 0.2) is 0 Å². The van der Waals surface area contributed by atoms with E-state index in [1.807, 2.05) is 6.92 Å². The molecule has 0 aliphatic heterocycles. The van der Waals surface area contributed by atoms with Gasteiger partial charge in [-0.3, -0.25) is 4.79 Å². The molecule has 0 aromatic rings. The van der Waals surface area contributed by atoms with Crippen molar-refractivity contribution in [2.75, 3.05) is 12.3 Å². The second kappa shape index (κ2) is 3.63. The molecule has 76 valence electrons. The molecule has 0 unspecified atom stereocenters. The number of rotatable bonds is 4. The fraction of sp³-hybridized carbons (Fsp3) is 0.857. The summed E-state index contributed by atoms with van der Waals surface area (Å²) in [7, 11) is -3.68. The first-order valence-electron chi connectivity index (χ1n) is 4.24. The summed E-state index contributed by atoms with van der Waals surface area (Å²) >= 11 is 0. The molecule has 0 saturated heterocycles.